The maximum absolute atomic E-state index is 13.3. The number of halogens is 1. The number of aryl methyl sites for hydroxylation is 2. The molecule has 0 bridgehead atoms. The zero-order chi connectivity index (χ0) is 23.5. The molecule has 168 valence electrons. The van der Waals surface area contributed by atoms with Gasteiger partial charge in [0, 0.05) is 5.56 Å². The van der Waals surface area contributed by atoms with Gasteiger partial charge in [-0.2, -0.15) is 0 Å². The van der Waals surface area contributed by atoms with Gasteiger partial charge >= 0.3 is 0 Å². The molecule has 0 unspecified atom stereocenters. The highest BCUT2D eigenvalue weighted by molar-refractivity contribution is 7.80. The van der Waals surface area contributed by atoms with Crippen LogP contribution < -0.4 is 19.7 Å². The number of thiocarbonyl (C=S) groups is 1. The van der Waals surface area contributed by atoms with Crippen LogP contribution in [0.1, 0.15) is 22.3 Å². The largest absolute Gasteiger partial charge is 0.496 e. The maximum Gasteiger partial charge on any atom is 0.281 e. The number of nitrogens with one attached hydrogen (secondary N) is 1. The topological polar surface area (TPSA) is 50.8 Å². The normalized spacial score (nSPS) is 14.5. The average molecular weight is 463 g/mol. The Bertz CT molecular complexity index is 1230. The van der Waals surface area contributed by atoms with E-state index < -0.39 is 0 Å². The van der Waals surface area contributed by atoms with Gasteiger partial charge in [-0.15, -0.1) is 0 Å². The third-order valence-electron chi connectivity index (χ3n) is 5.36. The van der Waals surface area contributed by atoms with E-state index in [4.69, 9.17) is 21.7 Å². The fourth-order valence-corrected chi connectivity index (χ4v) is 4.00. The summed E-state index contributed by atoms with van der Waals surface area (Å²) in [5.41, 5.74) is 4.58. The summed E-state index contributed by atoms with van der Waals surface area (Å²) in [6.07, 6.45) is 1.72. The summed E-state index contributed by atoms with van der Waals surface area (Å²) in [5, 5.41) is 3.19. The molecular weight excluding hydrogens is 439 g/mol. The number of carbonyl (C=O) groups excluding carboxylic acids is 1. The number of benzene rings is 3. The van der Waals surface area contributed by atoms with Crippen LogP contribution >= 0.6 is 12.2 Å². The number of hydrogen-bond donors (Lipinski definition) is 1. The number of amides is 1. The Morgan fingerprint density at radius 2 is 1.76 bits per heavy atom. The molecule has 0 radical (unpaired) electrons. The first kappa shape index (κ1) is 22.5. The quantitative estimate of drug-likeness (QED) is 0.398. The zero-order valence-corrected chi connectivity index (χ0v) is 19.3. The number of para-hydroxylation sites is 1. The van der Waals surface area contributed by atoms with Crippen LogP contribution in [0.15, 0.2) is 66.4 Å². The molecule has 5 nitrogen and oxygen atoms in total. The predicted octanol–water partition coefficient (Wildman–Crippen LogP) is 5.29. The van der Waals surface area contributed by atoms with E-state index in [0.717, 1.165) is 28.0 Å². The molecule has 1 heterocycles. The van der Waals surface area contributed by atoms with Crippen molar-refractivity contribution in [1.29, 1.82) is 0 Å². The molecule has 1 amide bonds. The van der Waals surface area contributed by atoms with Crippen molar-refractivity contribution in [3.8, 4) is 11.5 Å². The van der Waals surface area contributed by atoms with E-state index in [9.17, 15) is 9.18 Å². The highest BCUT2D eigenvalue weighted by Gasteiger charge is 2.32. The molecule has 33 heavy (non-hydrogen) atoms. The van der Waals surface area contributed by atoms with Crippen molar-refractivity contribution in [1.82, 2.24) is 5.32 Å². The molecule has 0 aromatic heterocycles. The Balaban J connectivity index is 1.59. The molecule has 1 saturated heterocycles. The molecule has 0 aliphatic carbocycles. The summed E-state index contributed by atoms with van der Waals surface area (Å²) in [6, 6.07) is 17.2. The van der Waals surface area contributed by atoms with E-state index in [1.54, 1.807) is 13.2 Å². The van der Waals surface area contributed by atoms with Gasteiger partial charge in [-0.3, -0.25) is 9.69 Å². The fraction of sp³-hybridized carbons (Fsp3) is 0.154. The second-order valence-corrected chi connectivity index (χ2v) is 8.07. The minimum atomic E-state index is -0.381. The van der Waals surface area contributed by atoms with E-state index >= 15 is 0 Å². The van der Waals surface area contributed by atoms with Crippen LogP contribution in [-0.2, 0) is 11.4 Å². The lowest BCUT2D eigenvalue weighted by atomic mass is 10.1. The Kier molecular flexibility index (Phi) is 6.42. The Morgan fingerprint density at radius 3 is 2.42 bits per heavy atom. The van der Waals surface area contributed by atoms with Crippen LogP contribution in [0.3, 0.4) is 0 Å². The van der Waals surface area contributed by atoms with Crippen LogP contribution in [0.5, 0.6) is 11.5 Å². The van der Waals surface area contributed by atoms with Gasteiger partial charge in [-0.25, -0.2) is 4.39 Å². The highest BCUT2D eigenvalue weighted by Crippen LogP contribution is 2.28. The van der Waals surface area contributed by atoms with Crippen LogP contribution in [-0.4, -0.2) is 18.1 Å². The van der Waals surface area contributed by atoms with Gasteiger partial charge in [-0.05, 0) is 85.2 Å². The number of ether oxygens (including phenoxy) is 2. The van der Waals surface area contributed by atoms with Gasteiger partial charge in [0.2, 0.25) is 0 Å². The van der Waals surface area contributed by atoms with Gasteiger partial charge in [0.1, 0.15) is 29.6 Å². The summed E-state index contributed by atoms with van der Waals surface area (Å²) >= 11 is 5.33. The van der Waals surface area contributed by atoms with E-state index in [-0.39, 0.29) is 16.8 Å². The first-order valence-corrected chi connectivity index (χ1v) is 10.8. The summed E-state index contributed by atoms with van der Waals surface area (Å²) < 4.78 is 24.9. The molecule has 3 aromatic rings. The van der Waals surface area contributed by atoms with Crippen LogP contribution in [0.4, 0.5) is 10.1 Å². The van der Waals surface area contributed by atoms with Crippen molar-refractivity contribution >= 4 is 35.0 Å². The number of carbonyl (C=O) groups is 1. The van der Waals surface area contributed by atoms with Crippen molar-refractivity contribution in [2.24, 2.45) is 0 Å². The molecule has 3 aromatic carbocycles. The van der Waals surface area contributed by atoms with Crippen molar-refractivity contribution in [2.45, 2.75) is 20.5 Å². The summed E-state index contributed by atoms with van der Waals surface area (Å²) in [7, 11) is 1.61. The predicted molar refractivity (Wildman–Crippen MR) is 131 cm³/mol. The van der Waals surface area contributed by atoms with Crippen LogP contribution in [0.2, 0.25) is 0 Å². The SMILES string of the molecule is COc1ccc(/C=C2/NC(=S)N(c3ccc(F)cc3)C2=O)cc1COc1c(C)cccc1C. The molecule has 7 heteroatoms. The van der Waals surface area contributed by atoms with Crippen molar-refractivity contribution in [2.75, 3.05) is 12.0 Å². The molecule has 1 aliphatic rings. The first-order valence-electron chi connectivity index (χ1n) is 10.4. The van der Waals surface area contributed by atoms with Crippen molar-refractivity contribution in [3.63, 3.8) is 0 Å². The number of nitrogens with zero attached hydrogens (tertiary/aromatic N) is 1. The number of methoxy groups -OCH3 is 1. The fourth-order valence-electron chi connectivity index (χ4n) is 3.70. The molecule has 1 fully saturated rings. The molecule has 1 N–H and O–H groups in total. The standard InChI is InChI=1S/C26H23FN2O3S/c1-16-5-4-6-17(2)24(16)32-15-19-13-18(7-12-23(19)31-3)14-22-25(30)29(26(33)28-22)21-10-8-20(27)9-11-21/h4-14H,15H2,1-3H3,(H,28,33)/b22-14+. The van der Waals surface area contributed by atoms with E-state index in [1.807, 2.05) is 50.2 Å². The Hall–Kier alpha value is -3.71. The van der Waals surface area contributed by atoms with Gasteiger partial charge in [-0.1, -0.05) is 24.3 Å². The lowest BCUT2D eigenvalue weighted by molar-refractivity contribution is -0.113. The van der Waals surface area contributed by atoms with Crippen molar-refractivity contribution in [3.05, 3.63) is 94.4 Å². The third kappa shape index (κ3) is 4.73. The highest BCUT2D eigenvalue weighted by atomic mass is 32.1. The lowest BCUT2D eigenvalue weighted by Gasteiger charge is -2.14. The molecule has 0 spiro atoms. The van der Waals surface area contributed by atoms with Gasteiger partial charge in [0.15, 0.2) is 5.11 Å². The molecule has 1 aliphatic heterocycles. The second kappa shape index (κ2) is 9.42. The number of rotatable bonds is 6. The second-order valence-electron chi connectivity index (χ2n) is 7.69. The minimum Gasteiger partial charge on any atom is -0.496 e. The Morgan fingerprint density at radius 1 is 1.06 bits per heavy atom. The van der Waals surface area contributed by atoms with Gasteiger partial charge in [0.05, 0.1) is 12.8 Å². The molecular formula is C26H23FN2O3S. The minimum absolute atomic E-state index is 0.241. The molecule has 0 saturated carbocycles. The lowest BCUT2D eigenvalue weighted by Crippen LogP contribution is -2.30. The zero-order valence-electron chi connectivity index (χ0n) is 18.5. The number of anilines is 1. The summed E-state index contributed by atoms with van der Waals surface area (Å²) in [6.45, 7) is 4.33. The van der Waals surface area contributed by atoms with E-state index in [1.165, 1.54) is 29.2 Å². The van der Waals surface area contributed by atoms with Crippen molar-refractivity contribution < 1.29 is 18.7 Å². The van der Waals surface area contributed by atoms with Gasteiger partial charge < -0.3 is 14.8 Å². The Labute approximate surface area is 197 Å². The van der Waals surface area contributed by atoms with Crippen LogP contribution in [0, 0.1) is 19.7 Å². The monoisotopic (exact) mass is 462 g/mol. The molecule has 4 rings (SSSR count). The summed E-state index contributed by atoms with van der Waals surface area (Å²) in [5.74, 6) is 0.846. The van der Waals surface area contributed by atoms with E-state index in [0.29, 0.717) is 23.7 Å². The average Bonchev–Trinajstić information content (AvgIpc) is 3.07. The summed E-state index contributed by atoms with van der Waals surface area (Å²) in [4.78, 5) is 14.3. The number of hydrogen-bond acceptors (Lipinski definition) is 4. The van der Waals surface area contributed by atoms with Crippen LogP contribution in [0.25, 0.3) is 6.08 Å². The molecule has 0 atom stereocenters. The maximum atomic E-state index is 13.3. The first-order chi connectivity index (χ1) is 15.9. The third-order valence-corrected chi connectivity index (χ3v) is 5.64. The van der Waals surface area contributed by atoms with E-state index in [2.05, 4.69) is 5.32 Å². The van der Waals surface area contributed by atoms with Gasteiger partial charge in [0.25, 0.3) is 5.91 Å². The smallest absolute Gasteiger partial charge is 0.281 e.